The van der Waals surface area contributed by atoms with Gasteiger partial charge in [0.2, 0.25) is 11.8 Å². The highest BCUT2D eigenvalue weighted by molar-refractivity contribution is 6.23. The van der Waals surface area contributed by atoms with Gasteiger partial charge >= 0.3 is 0 Å². The van der Waals surface area contributed by atoms with Crippen LogP contribution in [0.3, 0.4) is 0 Å². The van der Waals surface area contributed by atoms with Gasteiger partial charge in [-0.3, -0.25) is 9.59 Å². The van der Waals surface area contributed by atoms with Crippen LogP contribution >= 0.6 is 0 Å². The molecule has 1 fully saturated rings. The molecular formula is C25H19NO3. The quantitative estimate of drug-likeness (QED) is 0.646. The van der Waals surface area contributed by atoms with Gasteiger partial charge in [0, 0.05) is 11.8 Å². The Hall–Kier alpha value is -3.40. The van der Waals surface area contributed by atoms with E-state index < -0.39 is 0 Å². The van der Waals surface area contributed by atoms with Crippen LogP contribution in [0.5, 0.6) is 5.75 Å². The van der Waals surface area contributed by atoms with E-state index in [9.17, 15) is 14.7 Å². The highest BCUT2D eigenvalue weighted by Crippen LogP contribution is 2.61. The number of hydrogen-bond acceptors (Lipinski definition) is 3. The van der Waals surface area contributed by atoms with Crippen LogP contribution < -0.4 is 4.90 Å². The minimum atomic E-state index is -0.384. The molecule has 3 aromatic carbocycles. The van der Waals surface area contributed by atoms with Crippen molar-refractivity contribution in [1.82, 2.24) is 0 Å². The average molecular weight is 381 g/mol. The third-order valence-electron chi connectivity index (χ3n) is 6.87. The molecule has 4 aliphatic rings. The molecule has 3 aromatic rings. The lowest BCUT2D eigenvalue weighted by Crippen LogP contribution is -2.41. The van der Waals surface area contributed by atoms with Crippen LogP contribution in [0.15, 0.2) is 66.7 Å². The fourth-order valence-electron chi connectivity index (χ4n) is 5.81. The minimum absolute atomic E-state index is 0.101. The fourth-order valence-corrected chi connectivity index (χ4v) is 5.81. The van der Waals surface area contributed by atoms with E-state index in [4.69, 9.17) is 0 Å². The molecule has 3 aliphatic carbocycles. The summed E-state index contributed by atoms with van der Waals surface area (Å²) in [7, 11) is 0. The first-order valence-corrected chi connectivity index (χ1v) is 9.93. The number of carbonyl (C=O) groups excluding carboxylic acids is 2. The predicted molar refractivity (Wildman–Crippen MR) is 109 cm³/mol. The summed E-state index contributed by atoms with van der Waals surface area (Å²) in [6, 6.07) is 21.3. The summed E-state index contributed by atoms with van der Waals surface area (Å²) >= 11 is 0. The first-order valence-electron chi connectivity index (χ1n) is 9.93. The molecular weight excluding hydrogens is 362 g/mol. The lowest BCUT2D eigenvalue weighted by atomic mass is 9.55. The van der Waals surface area contributed by atoms with Crippen molar-refractivity contribution < 1.29 is 14.7 Å². The Morgan fingerprint density at radius 2 is 1.17 bits per heavy atom. The van der Waals surface area contributed by atoms with Gasteiger partial charge in [0.25, 0.3) is 0 Å². The van der Waals surface area contributed by atoms with Gasteiger partial charge in [-0.1, -0.05) is 48.5 Å². The number of phenolic OH excluding ortho intramolecular Hbond substituents is 1. The normalized spacial score (nSPS) is 26.3. The summed E-state index contributed by atoms with van der Waals surface area (Å²) in [6.45, 7) is 1.82. The molecule has 0 aromatic heterocycles. The molecule has 0 radical (unpaired) electrons. The van der Waals surface area contributed by atoms with Gasteiger partial charge < -0.3 is 5.11 Å². The maximum atomic E-state index is 13.6. The minimum Gasteiger partial charge on any atom is -0.508 e. The van der Waals surface area contributed by atoms with Crippen LogP contribution in [0.25, 0.3) is 0 Å². The SMILES string of the molecule is Cc1cc(O)ccc1N1C(=O)[C@H]2C3c4ccccc4C(c4ccccc43)[C@@H]2C1=O. The molecule has 1 heterocycles. The van der Waals surface area contributed by atoms with Crippen LogP contribution in [0, 0.1) is 18.8 Å². The van der Waals surface area contributed by atoms with Crippen molar-refractivity contribution in [2.45, 2.75) is 18.8 Å². The number of aromatic hydroxyl groups is 1. The molecule has 29 heavy (non-hydrogen) atoms. The zero-order chi connectivity index (χ0) is 19.9. The van der Waals surface area contributed by atoms with E-state index in [1.807, 2.05) is 31.2 Å². The van der Waals surface area contributed by atoms with E-state index in [0.717, 1.165) is 0 Å². The summed E-state index contributed by atoms with van der Waals surface area (Å²) in [5.74, 6) is -1.10. The Morgan fingerprint density at radius 1 is 0.724 bits per heavy atom. The first-order chi connectivity index (χ1) is 14.1. The largest absolute Gasteiger partial charge is 0.508 e. The molecule has 1 N–H and O–H groups in total. The molecule has 0 unspecified atom stereocenters. The molecule has 142 valence electrons. The second-order valence-corrected chi connectivity index (χ2v) is 8.25. The van der Waals surface area contributed by atoms with E-state index in [1.54, 1.807) is 12.1 Å². The van der Waals surface area contributed by atoms with Gasteiger partial charge in [0.1, 0.15) is 5.75 Å². The Labute approximate surface area is 168 Å². The average Bonchev–Trinajstić information content (AvgIpc) is 2.99. The molecule has 4 nitrogen and oxygen atoms in total. The zero-order valence-corrected chi connectivity index (χ0v) is 15.9. The van der Waals surface area contributed by atoms with E-state index in [2.05, 4.69) is 24.3 Å². The number of benzene rings is 3. The lowest BCUT2D eigenvalue weighted by molar-refractivity contribution is -0.122. The van der Waals surface area contributed by atoms with Gasteiger partial charge in [0.15, 0.2) is 0 Å². The molecule has 2 amide bonds. The Kier molecular flexibility index (Phi) is 3.18. The van der Waals surface area contributed by atoms with Crippen LogP contribution in [0.1, 0.15) is 39.7 Å². The summed E-state index contributed by atoms with van der Waals surface area (Å²) in [4.78, 5) is 28.6. The van der Waals surface area contributed by atoms with Gasteiger partial charge in [0.05, 0.1) is 17.5 Å². The van der Waals surface area contributed by atoms with Gasteiger partial charge in [-0.25, -0.2) is 4.90 Å². The van der Waals surface area contributed by atoms with E-state index in [-0.39, 0.29) is 41.2 Å². The number of imide groups is 1. The van der Waals surface area contributed by atoms with Crippen molar-refractivity contribution >= 4 is 17.5 Å². The number of rotatable bonds is 1. The Morgan fingerprint density at radius 3 is 1.59 bits per heavy atom. The monoisotopic (exact) mass is 381 g/mol. The molecule has 0 spiro atoms. The number of carbonyl (C=O) groups is 2. The van der Waals surface area contributed by atoms with Crippen LogP contribution in [0.4, 0.5) is 5.69 Å². The van der Waals surface area contributed by atoms with Gasteiger partial charge in [-0.2, -0.15) is 0 Å². The number of phenols is 1. The second kappa shape index (κ2) is 5.57. The van der Waals surface area contributed by atoms with Crippen molar-refractivity contribution in [2.75, 3.05) is 4.90 Å². The van der Waals surface area contributed by atoms with E-state index in [1.165, 1.54) is 33.2 Å². The molecule has 2 bridgehead atoms. The molecule has 4 heteroatoms. The topological polar surface area (TPSA) is 57.6 Å². The summed E-state index contributed by atoms with van der Waals surface area (Å²) in [6.07, 6.45) is 0. The molecule has 0 saturated carbocycles. The maximum Gasteiger partial charge on any atom is 0.238 e. The predicted octanol–water partition coefficient (Wildman–Crippen LogP) is 4.10. The second-order valence-electron chi connectivity index (χ2n) is 8.25. The van der Waals surface area contributed by atoms with Crippen LogP contribution in [-0.2, 0) is 9.59 Å². The molecule has 1 saturated heterocycles. The Bertz CT molecular complexity index is 1100. The third-order valence-corrected chi connectivity index (χ3v) is 6.87. The van der Waals surface area contributed by atoms with E-state index in [0.29, 0.717) is 11.3 Å². The third kappa shape index (κ3) is 1.98. The summed E-state index contributed by atoms with van der Waals surface area (Å²) in [5, 5.41) is 9.76. The van der Waals surface area contributed by atoms with E-state index >= 15 is 0 Å². The highest BCUT2D eigenvalue weighted by atomic mass is 16.3. The van der Waals surface area contributed by atoms with Gasteiger partial charge in [-0.05, 0) is 52.9 Å². The molecule has 1 aliphatic heterocycles. The first kappa shape index (κ1) is 16.5. The zero-order valence-electron chi connectivity index (χ0n) is 15.9. The number of amides is 2. The number of hydrogen-bond donors (Lipinski definition) is 1. The van der Waals surface area contributed by atoms with Crippen molar-refractivity contribution in [3.8, 4) is 5.75 Å². The summed E-state index contributed by atoms with van der Waals surface area (Å²) in [5.41, 5.74) is 5.96. The van der Waals surface area contributed by atoms with Crippen molar-refractivity contribution in [2.24, 2.45) is 11.8 Å². The lowest BCUT2D eigenvalue weighted by Gasteiger charge is -2.45. The maximum absolute atomic E-state index is 13.6. The van der Waals surface area contributed by atoms with Crippen molar-refractivity contribution in [3.63, 3.8) is 0 Å². The molecule has 7 rings (SSSR count). The summed E-state index contributed by atoms with van der Waals surface area (Å²) < 4.78 is 0. The van der Waals surface area contributed by atoms with Gasteiger partial charge in [-0.15, -0.1) is 0 Å². The number of aryl methyl sites for hydroxylation is 1. The molecule has 2 atom stereocenters. The Balaban J connectivity index is 1.57. The number of nitrogens with zero attached hydrogens (tertiary/aromatic N) is 1. The van der Waals surface area contributed by atoms with Crippen molar-refractivity contribution in [1.29, 1.82) is 0 Å². The smallest absolute Gasteiger partial charge is 0.238 e. The van der Waals surface area contributed by atoms with Crippen molar-refractivity contribution in [3.05, 3.63) is 94.5 Å². The van der Waals surface area contributed by atoms with Crippen LogP contribution in [0.2, 0.25) is 0 Å². The fraction of sp³-hybridized carbons (Fsp3) is 0.200. The standard InChI is InChI=1S/C25H19NO3/c1-13-12-14(27)10-11-19(13)26-24(28)22-20-15-6-2-3-7-16(15)21(23(22)25(26)29)18-9-5-4-8-17(18)20/h2-12,20-23,27H,1H3/t20?,21?,22-,23-/m0/s1. The van der Waals surface area contributed by atoms with Crippen LogP contribution in [-0.4, -0.2) is 16.9 Å². The number of anilines is 1. The highest BCUT2D eigenvalue weighted by Gasteiger charge is 2.61.